The number of alkyl halides is 3. The van der Waals surface area contributed by atoms with Crippen molar-refractivity contribution in [2.45, 2.75) is 10.4 Å². The van der Waals surface area contributed by atoms with Crippen LogP contribution in [0, 0.1) is 21.4 Å². The van der Waals surface area contributed by atoms with Crippen LogP contribution in [-0.2, 0) is 9.84 Å². The predicted molar refractivity (Wildman–Crippen MR) is 99.7 cm³/mol. The van der Waals surface area contributed by atoms with Gasteiger partial charge in [0.1, 0.15) is 11.5 Å². The van der Waals surface area contributed by atoms with Gasteiger partial charge in [0.2, 0.25) is 0 Å². The Morgan fingerprint density at radius 1 is 1.10 bits per heavy atom. The van der Waals surface area contributed by atoms with Crippen LogP contribution in [-0.4, -0.2) is 50.0 Å². The van der Waals surface area contributed by atoms with E-state index in [0.717, 1.165) is 12.1 Å². The Hall–Kier alpha value is -3.40. The van der Waals surface area contributed by atoms with E-state index in [4.69, 9.17) is 5.26 Å². The van der Waals surface area contributed by atoms with Crippen LogP contribution in [0.2, 0.25) is 0 Å². The van der Waals surface area contributed by atoms with Crippen LogP contribution in [0.1, 0.15) is 5.56 Å². The summed E-state index contributed by atoms with van der Waals surface area (Å²) in [5.41, 5.74) is -5.82. The van der Waals surface area contributed by atoms with Crippen molar-refractivity contribution >= 4 is 27.0 Å². The summed E-state index contributed by atoms with van der Waals surface area (Å²) in [6.45, 7) is 1.35. The standard InChI is InChI=1S/C17H14F3N5O4S/c18-17(19,20)30(28,29)13-1-2-14(15(10-13)25(26)27)23-5-7-24(8-6-23)16-9-12(11-21)3-4-22-16/h1-4,9-10H,5-8H2. The van der Waals surface area contributed by atoms with Gasteiger partial charge in [0.15, 0.2) is 0 Å². The highest BCUT2D eigenvalue weighted by Crippen LogP contribution is 2.36. The maximum absolute atomic E-state index is 12.8. The SMILES string of the molecule is N#Cc1ccnc(N2CCN(c3ccc(S(=O)(=O)C(F)(F)F)cc3[N+](=O)[O-])CC2)c1. The fraction of sp³-hybridized carbons (Fsp3) is 0.294. The van der Waals surface area contributed by atoms with E-state index < -0.39 is 30.9 Å². The van der Waals surface area contributed by atoms with Crippen molar-refractivity contribution in [3.8, 4) is 6.07 Å². The molecule has 1 aromatic carbocycles. The average Bonchev–Trinajstić information content (AvgIpc) is 2.72. The highest BCUT2D eigenvalue weighted by atomic mass is 32.2. The quantitative estimate of drug-likeness (QED) is 0.524. The highest BCUT2D eigenvalue weighted by molar-refractivity contribution is 7.92. The van der Waals surface area contributed by atoms with Crippen molar-refractivity contribution in [2.75, 3.05) is 36.0 Å². The number of nitro benzene ring substituents is 1. The van der Waals surface area contributed by atoms with Crippen LogP contribution in [0.25, 0.3) is 0 Å². The zero-order chi connectivity index (χ0) is 22.1. The van der Waals surface area contributed by atoms with E-state index in [0.29, 0.717) is 30.5 Å². The second-order valence-corrected chi connectivity index (χ2v) is 8.29. The van der Waals surface area contributed by atoms with E-state index >= 15 is 0 Å². The number of hydrogen-bond donors (Lipinski definition) is 0. The summed E-state index contributed by atoms with van der Waals surface area (Å²) in [4.78, 5) is 17.0. The van der Waals surface area contributed by atoms with Crippen molar-refractivity contribution in [3.63, 3.8) is 0 Å². The number of halogens is 3. The van der Waals surface area contributed by atoms with E-state index in [1.54, 1.807) is 17.0 Å². The summed E-state index contributed by atoms with van der Waals surface area (Å²) in [6, 6.07) is 7.33. The average molecular weight is 441 g/mol. The lowest BCUT2D eigenvalue weighted by Gasteiger charge is -2.36. The molecule has 1 fully saturated rings. The monoisotopic (exact) mass is 441 g/mol. The number of aromatic nitrogens is 1. The molecule has 30 heavy (non-hydrogen) atoms. The van der Waals surface area contributed by atoms with E-state index in [1.807, 2.05) is 11.0 Å². The van der Waals surface area contributed by atoms with Crippen LogP contribution < -0.4 is 9.80 Å². The number of nitro groups is 1. The first-order valence-corrected chi connectivity index (χ1v) is 9.99. The summed E-state index contributed by atoms with van der Waals surface area (Å²) >= 11 is 0. The third-order valence-corrected chi connectivity index (χ3v) is 6.06. The maximum atomic E-state index is 12.8. The molecule has 1 aliphatic heterocycles. The van der Waals surface area contributed by atoms with E-state index in [2.05, 4.69) is 4.98 Å². The Morgan fingerprint density at radius 3 is 2.30 bits per heavy atom. The number of nitrogens with zero attached hydrogens (tertiary/aromatic N) is 5. The number of rotatable bonds is 4. The molecule has 9 nitrogen and oxygen atoms in total. The molecule has 0 bridgehead atoms. The van der Waals surface area contributed by atoms with Crippen molar-refractivity contribution in [2.24, 2.45) is 0 Å². The maximum Gasteiger partial charge on any atom is 0.501 e. The van der Waals surface area contributed by atoms with Crippen LogP contribution in [0.4, 0.5) is 30.4 Å². The van der Waals surface area contributed by atoms with Crippen molar-refractivity contribution < 1.29 is 26.5 Å². The molecule has 158 valence electrons. The Bertz CT molecular complexity index is 1120. The summed E-state index contributed by atoms with van der Waals surface area (Å²) in [5, 5.41) is 20.4. The topological polar surface area (TPSA) is 120 Å². The molecule has 2 aromatic rings. The van der Waals surface area contributed by atoms with Gasteiger partial charge in [0, 0.05) is 38.4 Å². The Balaban J connectivity index is 1.85. The molecule has 0 aliphatic carbocycles. The first-order chi connectivity index (χ1) is 14.0. The molecular formula is C17H14F3N5O4S. The minimum Gasteiger partial charge on any atom is -0.362 e. The Labute approximate surface area is 169 Å². The summed E-state index contributed by atoms with van der Waals surface area (Å²) in [7, 11) is -5.70. The number of nitriles is 1. The zero-order valence-electron chi connectivity index (χ0n) is 15.2. The molecule has 0 saturated carbocycles. The van der Waals surface area contributed by atoms with Crippen molar-refractivity contribution in [1.82, 2.24) is 4.98 Å². The molecule has 1 aromatic heterocycles. The largest absolute Gasteiger partial charge is 0.501 e. The van der Waals surface area contributed by atoms with Gasteiger partial charge in [0.05, 0.1) is 21.5 Å². The Kier molecular flexibility index (Phi) is 5.53. The molecule has 0 unspecified atom stereocenters. The van der Waals surface area contributed by atoms with Gasteiger partial charge in [-0.25, -0.2) is 13.4 Å². The molecule has 13 heteroatoms. The molecule has 0 radical (unpaired) electrons. The van der Waals surface area contributed by atoms with Gasteiger partial charge in [-0.15, -0.1) is 0 Å². The third-order valence-electron chi connectivity index (χ3n) is 4.58. The molecule has 2 heterocycles. The van der Waals surface area contributed by atoms with Crippen molar-refractivity contribution in [1.29, 1.82) is 5.26 Å². The minimum atomic E-state index is -5.70. The molecule has 1 aliphatic rings. The van der Waals surface area contributed by atoms with Crippen molar-refractivity contribution in [3.05, 3.63) is 52.2 Å². The number of pyridine rings is 1. The molecule has 0 atom stereocenters. The molecule has 0 spiro atoms. The summed E-state index contributed by atoms with van der Waals surface area (Å²) in [6.07, 6.45) is 1.49. The lowest BCUT2D eigenvalue weighted by molar-refractivity contribution is -0.384. The lowest BCUT2D eigenvalue weighted by atomic mass is 10.2. The van der Waals surface area contributed by atoms with E-state index in [1.165, 1.54) is 6.20 Å². The lowest BCUT2D eigenvalue weighted by Crippen LogP contribution is -2.47. The number of hydrogen-bond acceptors (Lipinski definition) is 8. The van der Waals surface area contributed by atoms with E-state index in [9.17, 15) is 31.7 Å². The van der Waals surface area contributed by atoms with Crippen LogP contribution >= 0.6 is 0 Å². The fourth-order valence-corrected chi connectivity index (χ4v) is 3.84. The fourth-order valence-electron chi connectivity index (χ4n) is 3.06. The second-order valence-electron chi connectivity index (χ2n) is 6.35. The van der Waals surface area contributed by atoms with Crippen LogP contribution in [0.5, 0.6) is 0 Å². The van der Waals surface area contributed by atoms with Crippen LogP contribution in [0.15, 0.2) is 41.4 Å². The third kappa shape index (κ3) is 3.99. The predicted octanol–water partition coefficient (Wildman–Crippen LogP) is 2.48. The minimum absolute atomic E-state index is 0.0273. The van der Waals surface area contributed by atoms with E-state index in [-0.39, 0.29) is 18.8 Å². The number of piperazine rings is 1. The first-order valence-electron chi connectivity index (χ1n) is 8.50. The molecule has 1 saturated heterocycles. The van der Waals surface area contributed by atoms with Gasteiger partial charge in [-0.3, -0.25) is 10.1 Å². The normalized spacial score (nSPS) is 15.0. The zero-order valence-corrected chi connectivity index (χ0v) is 16.0. The number of sulfone groups is 1. The molecular weight excluding hydrogens is 427 g/mol. The van der Waals surface area contributed by atoms with Gasteiger partial charge in [-0.05, 0) is 24.3 Å². The second kappa shape index (κ2) is 7.79. The highest BCUT2D eigenvalue weighted by Gasteiger charge is 2.47. The summed E-state index contributed by atoms with van der Waals surface area (Å²) < 4.78 is 61.4. The number of anilines is 2. The van der Waals surface area contributed by atoms with Gasteiger partial charge in [0.25, 0.3) is 15.5 Å². The Morgan fingerprint density at radius 2 is 1.73 bits per heavy atom. The smallest absolute Gasteiger partial charge is 0.362 e. The van der Waals surface area contributed by atoms with Gasteiger partial charge in [-0.2, -0.15) is 18.4 Å². The van der Waals surface area contributed by atoms with Gasteiger partial charge in [-0.1, -0.05) is 0 Å². The molecule has 3 rings (SSSR count). The molecule has 0 N–H and O–H groups in total. The van der Waals surface area contributed by atoms with Crippen LogP contribution in [0.3, 0.4) is 0 Å². The first kappa shape index (κ1) is 21.3. The summed E-state index contributed by atoms with van der Waals surface area (Å²) in [5.74, 6) is 0.565. The number of benzene rings is 1. The van der Waals surface area contributed by atoms with Gasteiger partial charge >= 0.3 is 5.51 Å². The van der Waals surface area contributed by atoms with Gasteiger partial charge < -0.3 is 9.80 Å². The molecule has 0 amide bonds.